The molecule has 0 aromatic heterocycles. The first-order valence-corrected chi connectivity index (χ1v) is 11.4. The number of carbonyl (C=O) groups is 1. The number of sulfonamides is 1. The molecule has 1 atom stereocenters. The third-order valence-corrected chi connectivity index (χ3v) is 5.86. The molecular formula is C20H23ClN2O5S. The maximum absolute atomic E-state index is 12.7. The second-order valence-corrected chi connectivity index (χ2v) is 8.98. The summed E-state index contributed by atoms with van der Waals surface area (Å²) in [6.07, 6.45) is 0.516. The average Bonchev–Trinajstić information content (AvgIpc) is 2.86. The molecule has 1 aliphatic heterocycles. The van der Waals surface area contributed by atoms with Crippen LogP contribution in [0.2, 0.25) is 5.02 Å². The number of nitrogens with zero attached hydrogens (tertiary/aromatic N) is 1. The Morgan fingerprint density at radius 2 is 2.00 bits per heavy atom. The van der Waals surface area contributed by atoms with Crippen LogP contribution in [0.15, 0.2) is 42.5 Å². The minimum absolute atomic E-state index is 0.118. The van der Waals surface area contributed by atoms with Crippen LogP contribution >= 0.6 is 11.6 Å². The van der Waals surface area contributed by atoms with Gasteiger partial charge in [0, 0.05) is 24.5 Å². The minimum Gasteiger partial charge on any atom is -0.494 e. The number of nitrogens with one attached hydrogen (secondary N) is 1. The van der Waals surface area contributed by atoms with E-state index < -0.39 is 16.1 Å². The summed E-state index contributed by atoms with van der Waals surface area (Å²) in [6, 6.07) is 12.1. The van der Waals surface area contributed by atoms with Crippen LogP contribution < -0.4 is 19.1 Å². The van der Waals surface area contributed by atoms with Crippen molar-refractivity contribution in [2.75, 3.05) is 23.7 Å². The summed E-state index contributed by atoms with van der Waals surface area (Å²) in [6.45, 7) is 2.95. The maximum Gasteiger partial charge on any atom is 0.261 e. The van der Waals surface area contributed by atoms with Crippen LogP contribution in [0.4, 0.5) is 5.69 Å². The number of fused-ring (bicyclic) bond motifs is 1. The van der Waals surface area contributed by atoms with E-state index in [9.17, 15) is 13.2 Å². The van der Waals surface area contributed by atoms with Gasteiger partial charge in [0.25, 0.3) is 5.91 Å². The summed E-state index contributed by atoms with van der Waals surface area (Å²) in [5, 5.41) is 3.23. The van der Waals surface area contributed by atoms with Crippen LogP contribution in [0.1, 0.15) is 18.9 Å². The monoisotopic (exact) mass is 438 g/mol. The number of benzene rings is 2. The van der Waals surface area contributed by atoms with Gasteiger partial charge in [-0.25, -0.2) is 8.42 Å². The lowest BCUT2D eigenvalue weighted by atomic mass is 10.2. The van der Waals surface area contributed by atoms with Crippen molar-refractivity contribution in [3.05, 3.63) is 53.1 Å². The second-order valence-electron chi connectivity index (χ2n) is 6.64. The number of amides is 1. The van der Waals surface area contributed by atoms with Crippen molar-refractivity contribution < 1.29 is 22.7 Å². The van der Waals surface area contributed by atoms with Gasteiger partial charge in [-0.05, 0) is 42.8 Å². The van der Waals surface area contributed by atoms with Gasteiger partial charge in [-0.15, -0.1) is 0 Å². The molecule has 2 aromatic rings. The quantitative estimate of drug-likeness (QED) is 0.749. The summed E-state index contributed by atoms with van der Waals surface area (Å²) in [4.78, 5) is 12.7. The van der Waals surface area contributed by atoms with Crippen LogP contribution in [-0.2, 0) is 21.4 Å². The number of rotatable bonds is 6. The van der Waals surface area contributed by atoms with Crippen LogP contribution in [0.5, 0.6) is 11.5 Å². The molecule has 1 aliphatic rings. The van der Waals surface area contributed by atoms with E-state index in [2.05, 4.69) is 5.32 Å². The Kier molecular flexibility index (Phi) is 6.54. The maximum atomic E-state index is 12.7. The van der Waals surface area contributed by atoms with Gasteiger partial charge in [0.05, 0.1) is 18.6 Å². The van der Waals surface area contributed by atoms with Gasteiger partial charge < -0.3 is 14.8 Å². The summed E-state index contributed by atoms with van der Waals surface area (Å²) in [5.74, 6) is 0.763. The van der Waals surface area contributed by atoms with Crippen molar-refractivity contribution in [3.8, 4) is 11.5 Å². The van der Waals surface area contributed by atoms with Crippen LogP contribution in [0.3, 0.4) is 0 Å². The molecule has 1 N–H and O–H groups in total. The van der Waals surface area contributed by atoms with E-state index in [4.69, 9.17) is 21.1 Å². The van der Waals surface area contributed by atoms with Crippen molar-refractivity contribution in [1.29, 1.82) is 0 Å². The SMILES string of the molecule is CCOc1ccc(CNC(=O)C2CCN(S(C)(=O)=O)c3cc(Cl)ccc3O2)cc1. The zero-order valence-electron chi connectivity index (χ0n) is 16.2. The summed E-state index contributed by atoms with van der Waals surface area (Å²) < 4.78 is 36.8. The highest BCUT2D eigenvalue weighted by Crippen LogP contribution is 2.36. The van der Waals surface area contributed by atoms with E-state index in [1.54, 1.807) is 12.1 Å². The number of hydrogen-bond acceptors (Lipinski definition) is 5. The molecule has 0 radical (unpaired) electrons. The molecule has 29 heavy (non-hydrogen) atoms. The van der Waals surface area contributed by atoms with Crippen molar-refractivity contribution in [1.82, 2.24) is 5.32 Å². The Labute approximate surface area is 175 Å². The first-order chi connectivity index (χ1) is 13.8. The lowest BCUT2D eigenvalue weighted by Gasteiger charge is -2.21. The van der Waals surface area contributed by atoms with Gasteiger partial charge in [0.1, 0.15) is 11.5 Å². The summed E-state index contributed by atoms with van der Waals surface area (Å²) >= 11 is 6.03. The summed E-state index contributed by atoms with van der Waals surface area (Å²) in [5.41, 5.74) is 1.25. The molecule has 0 fully saturated rings. The molecule has 0 aliphatic carbocycles. The Morgan fingerprint density at radius 1 is 1.28 bits per heavy atom. The number of halogens is 1. The van der Waals surface area contributed by atoms with Gasteiger partial charge in [0.15, 0.2) is 6.10 Å². The lowest BCUT2D eigenvalue weighted by Crippen LogP contribution is -2.39. The van der Waals surface area contributed by atoms with Crippen molar-refractivity contribution in [2.24, 2.45) is 0 Å². The lowest BCUT2D eigenvalue weighted by molar-refractivity contribution is -0.128. The fraction of sp³-hybridized carbons (Fsp3) is 0.350. The molecule has 7 nitrogen and oxygen atoms in total. The molecule has 1 heterocycles. The minimum atomic E-state index is -3.54. The fourth-order valence-corrected chi connectivity index (χ4v) is 4.16. The zero-order valence-corrected chi connectivity index (χ0v) is 17.8. The molecule has 0 saturated carbocycles. The molecule has 0 saturated heterocycles. The van der Waals surface area contributed by atoms with Gasteiger partial charge in [-0.1, -0.05) is 23.7 Å². The van der Waals surface area contributed by atoms with E-state index in [-0.39, 0.29) is 18.9 Å². The number of hydrogen-bond donors (Lipinski definition) is 1. The molecule has 3 rings (SSSR count). The Hall–Kier alpha value is -2.45. The predicted molar refractivity (Wildman–Crippen MR) is 112 cm³/mol. The third kappa shape index (κ3) is 5.33. The number of ether oxygens (including phenoxy) is 2. The Balaban J connectivity index is 1.71. The van der Waals surface area contributed by atoms with Gasteiger partial charge in [0.2, 0.25) is 10.0 Å². The average molecular weight is 439 g/mol. The first-order valence-electron chi connectivity index (χ1n) is 9.21. The van der Waals surface area contributed by atoms with Gasteiger partial charge in [-0.2, -0.15) is 0 Å². The summed E-state index contributed by atoms with van der Waals surface area (Å²) in [7, 11) is -3.54. The number of anilines is 1. The molecule has 1 amide bonds. The van der Waals surface area contributed by atoms with Crippen molar-refractivity contribution >= 4 is 33.2 Å². The second kappa shape index (κ2) is 8.92. The van der Waals surface area contributed by atoms with Crippen LogP contribution in [0, 0.1) is 0 Å². The molecule has 156 valence electrons. The fourth-order valence-electron chi connectivity index (χ4n) is 3.05. The highest BCUT2D eigenvalue weighted by Gasteiger charge is 2.31. The predicted octanol–water partition coefficient (Wildman–Crippen LogP) is 2.97. The topological polar surface area (TPSA) is 84.9 Å². The number of carbonyl (C=O) groups excluding carboxylic acids is 1. The van der Waals surface area contributed by atoms with E-state index in [0.29, 0.717) is 29.6 Å². The van der Waals surface area contributed by atoms with E-state index in [0.717, 1.165) is 17.6 Å². The highest BCUT2D eigenvalue weighted by atomic mass is 35.5. The Morgan fingerprint density at radius 3 is 2.66 bits per heavy atom. The van der Waals surface area contributed by atoms with E-state index in [1.165, 1.54) is 10.4 Å². The molecule has 1 unspecified atom stereocenters. The Bertz CT molecular complexity index is 979. The third-order valence-electron chi connectivity index (χ3n) is 4.45. The van der Waals surface area contributed by atoms with Crippen LogP contribution in [-0.4, -0.2) is 39.8 Å². The van der Waals surface area contributed by atoms with Gasteiger partial charge >= 0.3 is 0 Å². The molecule has 0 spiro atoms. The normalized spacial score (nSPS) is 16.4. The molecular weight excluding hydrogens is 416 g/mol. The van der Waals surface area contributed by atoms with Crippen LogP contribution in [0.25, 0.3) is 0 Å². The largest absolute Gasteiger partial charge is 0.494 e. The van der Waals surface area contributed by atoms with Crippen molar-refractivity contribution in [3.63, 3.8) is 0 Å². The molecule has 2 aromatic carbocycles. The standard InChI is InChI=1S/C20H23ClN2O5S/c1-3-27-16-7-4-14(5-8-16)13-22-20(24)19-10-11-23(29(2,25)26)17-12-15(21)6-9-18(17)28-19/h4-9,12,19H,3,10-11,13H2,1-2H3,(H,22,24). The zero-order chi connectivity index (χ0) is 21.0. The first kappa shape index (κ1) is 21.3. The molecule has 0 bridgehead atoms. The smallest absolute Gasteiger partial charge is 0.261 e. The van der Waals surface area contributed by atoms with E-state index >= 15 is 0 Å². The van der Waals surface area contributed by atoms with E-state index in [1.807, 2.05) is 31.2 Å². The van der Waals surface area contributed by atoms with Crippen molar-refractivity contribution in [2.45, 2.75) is 26.0 Å². The van der Waals surface area contributed by atoms with Gasteiger partial charge in [-0.3, -0.25) is 9.10 Å². The molecule has 9 heteroatoms. The highest BCUT2D eigenvalue weighted by molar-refractivity contribution is 7.92.